The normalized spacial score (nSPS) is 10.8. The molecular formula is C17H17N11O3S. The molecule has 2 amide bonds. The fourth-order valence-electron chi connectivity index (χ4n) is 2.74. The SMILES string of the molecule is CCn1c(SCC(=O)Nc2ccc(-n3cnnn3)cc2)nnc1-c1nonc1NC(C)=O. The fraction of sp³-hybridized carbons (Fsp3) is 0.235. The molecule has 0 aliphatic carbocycles. The second-order valence-electron chi connectivity index (χ2n) is 6.33. The van der Waals surface area contributed by atoms with Gasteiger partial charge in [0.15, 0.2) is 16.7 Å². The third-order valence-corrected chi connectivity index (χ3v) is 5.09. The maximum absolute atomic E-state index is 12.4. The molecule has 4 rings (SSSR count). The number of nitrogens with zero attached hydrogens (tertiary/aromatic N) is 9. The van der Waals surface area contributed by atoms with Crippen LogP contribution in [0.1, 0.15) is 13.8 Å². The quantitative estimate of drug-likeness (QED) is 0.363. The first-order valence-corrected chi connectivity index (χ1v) is 10.3. The first-order chi connectivity index (χ1) is 15.5. The maximum atomic E-state index is 12.4. The summed E-state index contributed by atoms with van der Waals surface area (Å²) in [6.07, 6.45) is 1.48. The summed E-state index contributed by atoms with van der Waals surface area (Å²) in [5.74, 6) is 0.112. The molecule has 0 spiro atoms. The Labute approximate surface area is 184 Å². The van der Waals surface area contributed by atoms with Crippen molar-refractivity contribution in [2.24, 2.45) is 0 Å². The molecule has 32 heavy (non-hydrogen) atoms. The summed E-state index contributed by atoms with van der Waals surface area (Å²) in [7, 11) is 0. The Morgan fingerprint density at radius 3 is 2.62 bits per heavy atom. The molecule has 164 valence electrons. The van der Waals surface area contributed by atoms with Crippen LogP contribution >= 0.6 is 11.8 Å². The number of rotatable bonds is 8. The molecule has 0 fully saturated rings. The van der Waals surface area contributed by atoms with Crippen LogP contribution in [0.25, 0.3) is 17.2 Å². The van der Waals surface area contributed by atoms with Gasteiger partial charge < -0.3 is 15.2 Å². The third kappa shape index (κ3) is 4.61. The molecular weight excluding hydrogens is 438 g/mol. The number of aromatic nitrogens is 9. The first-order valence-electron chi connectivity index (χ1n) is 9.35. The zero-order valence-electron chi connectivity index (χ0n) is 17.0. The van der Waals surface area contributed by atoms with Gasteiger partial charge in [0, 0.05) is 19.2 Å². The minimum atomic E-state index is -0.318. The Hall–Kier alpha value is -4.14. The smallest absolute Gasteiger partial charge is 0.234 e. The third-order valence-electron chi connectivity index (χ3n) is 4.12. The molecule has 0 bridgehead atoms. The second kappa shape index (κ2) is 9.34. The Morgan fingerprint density at radius 1 is 1.12 bits per heavy atom. The molecule has 0 aliphatic rings. The summed E-state index contributed by atoms with van der Waals surface area (Å²) in [6, 6.07) is 7.09. The van der Waals surface area contributed by atoms with Gasteiger partial charge in [-0.3, -0.25) is 9.59 Å². The summed E-state index contributed by atoms with van der Waals surface area (Å²) < 4.78 is 7.99. The number of carbonyl (C=O) groups is 2. The molecule has 3 aromatic heterocycles. The van der Waals surface area contributed by atoms with E-state index in [9.17, 15) is 9.59 Å². The second-order valence-corrected chi connectivity index (χ2v) is 7.27. The molecule has 0 radical (unpaired) electrons. The van der Waals surface area contributed by atoms with Crippen molar-refractivity contribution in [1.82, 2.24) is 45.3 Å². The average Bonchev–Trinajstić information content (AvgIpc) is 3.53. The van der Waals surface area contributed by atoms with E-state index in [2.05, 4.69) is 46.7 Å². The Balaban J connectivity index is 1.40. The lowest BCUT2D eigenvalue weighted by atomic mass is 10.3. The molecule has 0 aliphatic heterocycles. The molecule has 0 atom stereocenters. The number of amides is 2. The van der Waals surface area contributed by atoms with E-state index in [4.69, 9.17) is 4.63 Å². The molecule has 0 unspecified atom stereocenters. The summed E-state index contributed by atoms with van der Waals surface area (Å²) in [4.78, 5) is 23.7. The van der Waals surface area contributed by atoms with Gasteiger partial charge in [0.05, 0.1) is 11.4 Å². The van der Waals surface area contributed by atoms with Crippen molar-refractivity contribution >= 4 is 35.1 Å². The van der Waals surface area contributed by atoms with E-state index in [1.807, 2.05) is 6.92 Å². The number of benzene rings is 1. The standard InChI is InChI=1S/C17H17N11O3S/c1-3-27-16(14-15(19-10(2)29)24-31-23-14)21-22-17(27)32-8-13(30)20-11-4-6-12(7-5-11)28-9-18-25-26-28/h4-7,9H,3,8H2,1-2H3,(H,20,30)(H,19,24,29). The lowest BCUT2D eigenvalue weighted by Gasteiger charge is -2.08. The zero-order valence-corrected chi connectivity index (χ0v) is 17.8. The Kier molecular flexibility index (Phi) is 6.16. The summed E-state index contributed by atoms with van der Waals surface area (Å²) >= 11 is 1.22. The number of thioether (sulfide) groups is 1. The topological polar surface area (TPSA) is 171 Å². The van der Waals surface area contributed by atoms with Crippen LogP contribution in [-0.4, -0.2) is 62.9 Å². The van der Waals surface area contributed by atoms with E-state index in [0.29, 0.717) is 23.2 Å². The number of hydrogen-bond acceptors (Lipinski definition) is 11. The number of tetrazole rings is 1. The lowest BCUT2D eigenvalue weighted by Crippen LogP contribution is -2.14. The van der Waals surface area contributed by atoms with Crippen LogP contribution in [0.5, 0.6) is 0 Å². The minimum Gasteiger partial charge on any atom is -0.325 e. The van der Waals surface area contributed by atoms with E-state index in [1.165, 1.54) is 29.7 Å². The van der Waals surface area contributed by atoms with Gasteiger partial charge in [-0.25, -0.2) is 9.31 Å². The Morgan fingerprint density at radius 2 is 1.94 bits per heavy atom. The van der Waals surface area contributed by atoms with Crippen LogP contribution in [0.15, 0.2) is 40.4 Å². The number of nitrogens with one attached hydrogen (secondary N) is 2. The van der Waals surface area contributed by atoms with Crippen molar-refractivity contribution < 1.29 is 14.2 Å². The maximum Gasteiger partial charge on any atom is 0.234 e. The van der Waals surface area contributed by atoms with Gasteiger partial charge in [0.25, 0.3) is 0 Å². The van der Waals surface area contributed by atoms with Gasteiger partial charge in [-0.15, -0.1) is 15.3 Å². The van der Waals surface area contributed by atoms with E-state index < -0.39 is 0 Å². The van der Waals surface area contributed by atoms with Crippen molar-refractivity contribution in [3.05, 3.63) is 30.6 Å². The van der Waals surface area contributed by atoms with Crippen molar-refractivity contribution in [3.8, 4) is 17.2 Å². The van der Waals surface area contributed by atoms with E-state index in [1.54, 1.807) is 28.8 Å². The van der Waals surface area contributed by atoms with Crippen LogP contribution < -0.4 is 10.6 Å². The lowest BCUT2D eigenvalue weighted by molar-refractivity contribution is -0.114. The summed E-state index contributed by atoms with van der Waals surface area (Å²) in [5.41, 5.74) is 1.67. The van der Waals surface area contributed by atoms with Crippen LogP contribution in [0.3, 0.4) is 0 Å². The van der Waals surface area contributed by atoms with E-state index in [-0.39, 0.29) is 29.1 Å². The van der Waals surface area contributed by atoms with E-state index >= 15 is 0 Å². The van der Waals surface area contributed by atoms with Crippen LogP contribution in [0.4, 0.5) is 11.5 Å². The number of hydrogen-bond donors (Lipinski definition) is 2. The van der Waals surface area contributed by atoms with Gasteiger partial charge in [-0.05, 0) is 51.9 Å². The largest absolute Gasteiger partial charge is 0.325 e. The van der Waals surface area contributed by atoms with Gasteiger partial charge in [0.2, 0.25) is 17.6 Å². The fourth-order valence-corrected chi connectivity index (χ4v) is 3.55. The average molecular weight is 455 g/mol. The predicted molar refractivity (Wildman–Crippen MR) is 112 cm³/mol. The van der Waals surface area contributed by atoms with Crippen molar-refractivity contribution in [2.75, 3.05) is 16.4 Å². The Bertz CT molecular complexity index is 1220. The van der Waals surface area contributed by atoms with Crippen LogP contribution in [0.2, 0.25) is 0 Å². The highest BCUT2D eigenvalue weighted by Crippen LogP contribution is 2.27. The zero-order chi connectivity index (χ0) is 22.5. The van der Waals surface area contributed by atoms with Crippen molar-refractivity contribution in [2.45, 2.75) is 25.5 Å². The first kappa shape index (κ1) is 21.1. The molecule has 14 nitrogen and oxygen atoms in total. The van der Waals surface area contributed by atoms with Crippen LogP contribution in [-0.2, 0) is 16.1 Å². The monoisotopic (exact) mass is 455 g/mol. The highest BCUT2D eigenvalue weighted by Gasteiger charge is 2.22. The summed E-state index contributed by atoms with van der Waals surface area (Å²) in [6.45, 7) is 3.76. The number of anilines is 2. The molecule has 3 heterocycles. The molecule has 15 heteroatoms. The van der Waals surface area contributed by atoms with Crippen molar-refractivity contribution in [3.63, 3.8) is 0 Å². The highest BCUT2D eigenvalue weighted by molar-refractivity contribution is 7.99. The van der Waals surface area contributed by atoms with Gasteiger partial charge in [-0.2, -0.15) is 0 Å². The summed E-state index contributed by atoms with van der Waals surface area (Å²) in [5, 5.41) is 32.6. The van der Waals surface area contributed by atoms with E-state index in [0.717, 1.165) is 5.69 Å². The molecule has 4 aromatic rings. The van der Waals surface area contributed by atoms with Gasteiger partial charge >= 0.3 is 0 Å². The molecule has 0 saturated carbocycles. The van der Waals surface area contributed by atoms with Crippen LogP contribution in [0, 0.1) is 0 Å². The minimum absolute atomic E-state index is 0.114. The molecule has 2 N–H and O–H groups in total. The predicted octanol–water partition coefficient (Wildman–Crippen LogP) is 1.01. The van der Waals surface area contributed by atoms with Crippen molar-refractivity contribution in [1.29, 1.82) is 0 Å². The van der Waals surface area contributed by atoms with Gasteiger partial charge in [0.1, 0.15) is 6.33 Å². The molecule has 0 saturated heterocycles. The highest BCUT2D eigenvalue weighted by atomic mass is 32.2. The van der Waals surface area contributed by atoms with Gasteiger partial charge in [-0.1, -0.05) is 11.8 Å². The molecule has 1 aromatic carbocycles. The number of carbonyl (C=O) groups excluding carboxylic acids is 2.